The van der Waals surface area contributed by atoms with Crippen LogP contribution in [0.5, 0.6) is 0 Å². The molecule has 0 spiro atoms. The highest BCUT2D eigenvalue weighted by Crippen LogP contribution is 2.14. The van der Waals surface area contributed by atoms with Crippen molar-refractivity contribution in [2.45, 2.75) is 12.6 Å². The van der Waals surface area contributed by atoms with Crippen LogP contribution >= 0.6 is 12.4 Å². The second kappa shape index (κ2) is 6.99. The Morgan fingerprint density at radius 1 is 1.39 bits per heavy atom. The van der Waals surface area contributed by atoms with Crippen molar-refractivity contribution in [1.29, 1.82) is 0 Å². The topological polar surface area (TPSA) is 38.5 Å². The minimum atomic E-state index is -0.548. The Balaban J connectivity index is 0.00000162. The molecule has 0 aliphatic carbocycles. The van der Waals surface area contributed by atoms with E-state index in [0.717, 1.165) is 12.6 Å². The SMILES string of the molecule is Cl.NCC1CN(Cc2ccc(F)cc2F)CCO1. The highest BCUT2D eigenvalue weighted by atomic mass is 35.5. The molecule has 0 bridgehead atoms. The Labute approximate surface area is 111 Å². The summed E-state index contributed by atoms with van der Waals surface area (Å²) in [5.41, 5.74) is 6.04. The van der Waals surface area contributed by atoms with Gasteiger partial charge in [0.05, 0.1) is 12.7 Å². The lowest BCUT2D eigenvalue weighted by molar-refractivity contribution is -0.0263. The number of morpholine rings is 1. The molecule has 18 heavy (non-hydrogen) atoms. The number of halogens is 3. The Bertz CT molecular complexity index is 392. The molecule has 1 aromatic carbocycles. The molecule has 0 aromatic heterocycles. The Kier molecular flexibility index (Phi) is 5.95. The highest BCUT2D eigenvalue weighted by molar-refractivity contribution is 5.85. The molecule has 1 saturated heterocycles. The first-order chi connectivity index (χ1) is 8.19. The Hall–Kier alpha value is -0.750. The zero-order valence-electron chi connectivity index (χ0n) is 9.94. The molecule has 1 heterocycles. The van der Waals surface area contributed by atoms with Gasteiger partial charge in [0.25, 0.3) is 0 Å². The molecule has 1 aromatic rings. The van der Waals surface area contributed by atoms with Gasteiger partial charge < -0.3 is 10.5 Å². The van der Waals surface area contributed by atoms with E-state index in [1.54, 1.807) is 0 Å². The molecule has 1 fully saturated rings. The Morgan fingerprint density at radius 2 is 2.17 bits per heavy atom. The largest absolute Gasteiger partial charge is 0.374 e. The van der Waals surface area contributed by atoms with Crippen LogP contribution in [0.4, 0.5) is 8.78 Å². The predicted molar refractivity (Wildman–Crippen MR) is 67.7 cm³/mol. The zero-order chi connectivity index (χ0) is 12.3. The first-order valence-electron chi connectivity index (χ1n) is 5.67. The third-order valence-corrected chi connectivity index (χ3v) is 2.89. The van der Waals surface area contributed by atoms with Crippen molar-refractivity contribution < 1.29 is 13.5 Å². The normalized spacial score (nSPS) is 20.5. The van der Waals surface area contributed by atoms with Crippen LogP contribution in [0.25, 0.3) is 0 Å². The number of rotatable bonds is 3. The minimum Gasteiger partial charge on any atom is -0.374 e. The van der Waals surface area contributed by atoms with Gasteiger partial charge in [0, 0.05) is 37.8 Å². The van der Waals surface area contributed by atoms with Gasteiger partial charge in [-0.2, -0.15) is 0 Å². The van der Waals surface area contributed by atoms with Gasteiger partial charge in [0.15, 0.2) is 0 Å². The van der Waals surface area contributed by atoms with Crippen molar-refractivity contribution in [3.63, 3.8) is 0 Å². The van der Waals surface area contributed by atoms with E-state index in [2.05, 4.69) is 4.90 Å². The van der Waals surface area contributed by atoms with Crippen LogP contribution in [0.3, 0.4) is 0 Å². The third-order valence-electron chi connectivity index (χ3n) is 2.89. The van der Waals surface area contributed by atoms with Crippen molar-refractivity contribution in [3.8, 4) is 0 Å². The van der Waals surface area contributed by atoms with Gasteiger partial charge in [-0.05, 0) is 6.07 Å². The van der Waals surface area contributed by atoms with E-state index < -0.39 is 11.6 Å². The Morgan fingerprint density at radius 3 is 2.83 bits per heavy atom. The summed E-state index contributed by atoms with van der Waals surface area (Å²) in [5.74, 6) is -1.05. The first-order valence-corrected chi connectivity index (χ1v) is 5.67. The summed E-state index contributed by atoms with van der Waals surface area (Å²) in [6.45, 7) is 2.96. The lowest BCUT2D eigenvalue weighted by atomic mass is 10.1. The lowest BCUT2D eigenvalue weighted by Gasteiger charge is -2.32. The number of benzene rings is 1. The molecular weight excluding hydrogens is 262 g/mol. The smallest absolute Gasteiger partial charge is 0.130 e. The number of nitrogens with two attached hydrogens (primary N) is 1. The lowest BCUT2D eigenvalue weighted by Crippen LogP contribution is -2.45. The van der Waals surface area contributed by atoms with Gasteiger partial charge in [-0.15, -0.1) is 12.4 Å². The van der Waals surface area contributed by atoms with Crippen LogP contribution in [0, 0.1) is 11.6 Å². The molecule has 3 nitrogen and oxygen atoms in total. The highest BCUT2D eigenvalue weighted by Gasteiger charge is 2.20. The van der Waals surface area contributed by atoms with Gasteiger partial charge in [-0.1, -0.05) is 6.07 Å². The molecule has 102 valence electrons. The second-order valence-electron chi connectivity index (χ2n) is 4.20. The molecule has 1 aliphatic rings. The summed E-state index contributed by atoms with van der Waals surface area (Å²) in [4.78, 5) is 2.07. The van der Waals surface area contributed by atoms with Crippen molar-refractivity contribution in [1.82, 2.24) is 4.90 Å². The number of hydrogen-bond acceptors (Lipinski definition) is 3. The summed E-state index contributed by atoms with van der Waals surface area (Å²) in [5, 5.41) is 0. The minimum absolute atomic E-state index is 0. The summed E-state index contributed by atoms with van der Waals surface area (Å²) >= 11 is 0. The van der Waals surface area contributed by atoms with Crippen LogP contribution < -0.4 is 5.73 Å². The van der Waals surface area contributed by atoms with Crippen molar-refractivity contribution in [3.05, 3.63) is 35.4 Å². The molecule has 1 atom stereocenters. The standard InChI is InChI=1S/C12H16F2N2O.ClH/c13-10-2-1-9(12(14)5-10)7-16-3-4-17-11(6-15)8-16;/h1-2,5,11H,3-4,6-8,15H2;1H. The summed E-state index contributed by atoms with van der Waals surface area (Å²) in [6, 6.07) is 3.67. The molecule has 2 rings (SSSR count). The van der Waals surface area contributed by atoms with Gasteiger partial charge in [0.2, 0.25) is 0 Å². The van der Waals surface area contributed by atoms with E-state index in [9.17, 15) is 8.78 Å². The number of nitrogens with zero attached hydrogens (tertiary/aromatic N) is 1. The van der Waals surface area contributed by atoms with E-state index >= 15 is 0 Å². The summed E-state index contributed by atoms with van der Waals surface area (Å²) < 4.78 is 31.6. The van der Waals surface area contributed by atoms with Gasteiger partial charge in [-0.25, -0.2) is 8.78 Å². The van der Waals surface area contributed by atoms with E-state index in [0.29, 0.717) is 31.8 Å². The first kappa shape index (κ1) is 15.3. The van der Waals surface area contributed by atoms with E-state index in [4.69, 9.17) is 10.5 Å². The maximum Gasteiger partial charge on any atom is 0.130 e. The number of hydrogen-bond donors (Lipinski definition) is 1. The van der Waals surface area contributed by atoms with Gasteiger partial charge >= 0.3 is 0 Å². The quantitative estimate of drug-likeness (QED) is 0.912. The third kappa shape index (κ3) is 3.88. The van der Waals surface area contributed by atoms with E-state index in [1.165, 1.54) is 12.1 Å². The molecule has 6 heteroatoms. The number of ether oxygens (including phenoxy) is 1. The van der Waals surface area contributed by atoms with Gasteiger partial charge in [-0.3, -0.25) is 4.90 Å². The van der Waals surface area contributed by atoms with Crippen LogP contribution in [0.15, 0.2) is 18.2 Å². The van der Waals surface area contributed by atoms with Gasteiger partial charge in [0.1, 0.15) is 11.6 Å². The van der Waals surface area contributed by atoms with E-state index in [-0.39, 0.29) is 18.5 Å². The van der Waals surface area contributed by atoms with Crippen LogP contribution in [-0.2, 0) is 11.3 Å². The fourth-order valence-electron chi connectivity index (χ4n) is 1.96. The fourth-order valence-corrected chi connectivity index (χ4v) is 1.96. The molecule has 0 amide bonds. The fraction of sp³-hybridized carbons (Fsp3) is 0.500. The molecule has 0 saturated carbocycles. The summed E-state index contributed by atoms with van der Waals surface area (Å²) in [6.07, 6.45) is 0.00672. The van der Waals surface area contributed by atoms with Crippen LogP contribution in [0.1, 0.15) is 5.56 Å². The average molecular weight is 279 g/mol. The molecular formula is C12H17ClF2N2O. The second-order valence-corrected chi connectivity index (χ2v) is 4.20. The van der Waals surface area contributed by atoms with Crippen LogP contribution in [-0.4, -0.2) is 37.2 Å². The molecule has 1 unspecified atom stereocenters. The van der Waals surface area contributed by atoms with Crippen molar-refractivity contribution in [2.75, 3.05) is 26.2 Å². The summed E-state index contributed by atoms with van der Waals surface area (Å²) in [7, 11) is 0. The molecule has 0 radical (unpaired) electrons. The maximum absolute atomic E-state index is 13.5. The zero-order valence-corrected chi connectivity index (χ0v) is 10.8. The average Bonchev–Trinajstić information content (AvgIpc) is 2.33. The van der Waals surface area contributed by atoms with Crippen LogP contribution in [0.2, 0.25) is 0 Å². The van der Waals surface area contributed by atoms with Crippen molar-refractivity contribution >= 4 is 12.4 Å². The van der Waals surface area contributed by atoms with E-state index in [1.807, 2.05) is 0 Å². The predicted octanol–water partition coefficient (Wildman–Crippen LogP) is 1.55. The van der Waals surface area contributed by atoms with Crippen molar-refractivity contribution in [2.24, 2.45) is 5.73 Å². The molecule has 1 aliphatic heterocycles. The maximum atomic E-state index is 13.5. The monoisotopic (exact) mass is 278 g/mol. The molecule has 2 N–H and O–H groups in total.